The summed E-state index contributed by atoms with van der Waals surface area (Å²) in [6, 6.07) is 2.41. The van der Waals surface area contributed by atoms with Gasteiger partial charge in [0, 0.05) is 25.3 Å². The van der Waals surface area contributed by atoms with E-state index in [0.29, 0.717) is 0 Å². The van der Waals surface area contributed by atoms with Crippen LogP contribution >= 0.6 is 0 Å². The molecule has 1 aromatic rings. The number of aromatic nitrogens is 1. The lowest BCUT2D eigenvalue weighted by molar-refractivity contribution is 0.133. The molecule has 0 aromatic carbocycles. The highest BCUT2D eigenvalue weighted by Crippen LogP contribution is 2.23. The molecule has 0 spiro atoms. The van der Waals surface area contributed by atoms with Gasteiger partial charge in [0.25, 0.3) is 0 Å². The van der Waals surface area contributed by atoms with E-state index in [2.05, 4.69) is 22.9 Å². The predicted octanol–water partition coefficient (Wildman–Crippen LogP) is 1.09. The summed E-state index contributed by atoms with van der Waals surface area (Å²) in [4.78, 5) is 6.65. The molecule has 1 N–H and O–H groups in total. The molecule has 1 aromatic heterocycles. The van der Waals surface area contributed by atoms with Crippen LogP contribution in [-0.2, 0) is 13.1 Å². The second-order valence-corrected chi connectivity index (χ2v) is 4.06. The van der Waals surface area contributed by atoms with Crippen LogP contribution in [0.25, 0.3) is 0 Å². The second kappa shape index (κ2) is 3.67. The average molecular weight is 192 g/mol. The largest absolute Gasteiger partial charge is 0.395 e. The number of aliphatic hydroxyl groups excluding tert-OH is 1. The lowest BCUT2D eigenvalue weighted by atomic mass is 10.2. The lowest BCUT2D eigenvalue weighted by Crippen LogP contribution is -2.30. The van der Waals surface area contributed by atoms with Crippen LogP contribution in [-0.4, -0.2) is 27.6 Å². The molecule has 76 valence electrons. The van der Waals surface area contributed by atoms with Crippen molar-refractivity contribution in [3.05, 3.63) is 29.1 Å². The lowest BCUT2D eigenvalue weighted by Gasteiger charge is -2.20. The maximum absolute atomic E-state index is 9.07. The Bertz CT molecular complexity index is 338. The number of hydrogen-bond donors (Lipinski definition) is 1. The Hall–Kier alpha value is -0.930. The minimum atomic E-state index is 0.215. The third-order valence-electron chi connectivity index (χ3n) is 2.81. The fourth-order valence-electron chi connectivity index (χ4n) is 1.83. The minimum absolute atomic E-state index is 0.215. The Labute approximate surface area is 84.4 Å². The van der Waals surface area contributed by atoms with Gasteiger partial charge in [-0.2, -0.15) is 0 Å². The first kappa shape index (κ1) is 9.62. The van der Waals surface area contributed by atoms with Crippen molar-refractivity contribution in [2.75, 3.05) is 6.61 Å². The van der Waals surface area contributed by atoms with Crippen LogP contribution in [0.1, 0.15) is 23.7 Å². The number of aryl methyl sites for hydroxylation is 1. The van der Waals surface area contributed by atoms with Crippen molar-refractivity contribution >= 4 is 0 Å². The summed E-state index contributed by atoms with van der Waals surface area (Å²) >= 11 is 0. The smallest absolute Gasteiger partial charge is 0.0589 e. The summed E-state index contributed by atoms with van der Waals surface area (Å²) in [5.74, 6) is 0. The molecule has 1 aliphatic heterocycles. The highest BCUT2D eigenvalue weighted by molar-refractivity contribution is 5.27. The van der Waals surface area contributed by atoms with Crippen molar-refractivity contribution in [1.82, 2.24) is 9.88 Å². The van der Waals surface area contributed by atoms with Gasteiger partial charge in [0.1, 0.15) is 0 Å². The average Bonchev–Trinajstić information content (AvgIpc) is 2.59. The van der Waals surface area contributed by atoms with Crippen LogP contribution in [0.15, 0.2) is 12.3 Å². The summed E-state index contributed by atoms with van der Waals surface area (Å²) in [6.45, 7) is 6.11. The number of nitrogens with zero attached hydrogens (tertiary/aromatic N) is 2. The van der Waals surface area contributed by atoms with Crippen LogP contribution in [0.4, 0.5) is 0 Å². The number of rotatable bonds is 2. The molecule has 3 heteroatoms. The Kier molecular flexibility index (Phi) is 2.52. The normalized spacial score (nSPS) is 18.2. The number of aliphatic hydroxyl groups is 1. The van der Waals surface area contributed by atoms with Crippen LogP contribution in [0.2, 0.25) is 0 Å². The molecule has 0 saturated carbocycles. The molecule has 0 amide bonds. The molecule has 0 aliphatic carbocycles. The van der Waals surface area contributed by atoms with Crippen molar-refractivity contribution in [3.63, 3.8) is 0 Å². The summed E-state index contributed by atoms with van der Waals surface area (Å²) in [6.07, 6.45) is 1.91. The van der Waals surface area contributed by atoms with E-state index in [1.165, 1.54) is 11.1 Å². The van der Waals surface area contributed by atoms with Crippen molar-refractivity contribution in [2.24, 2.45) is 0 Å². The molecule has 0 radical (unpaired) electrons. The maximum atomic E-state index is 9.07. The van der Waals surface area contributed by atoms with Crippen molar-refractivity contribution in [2.45, 2.75) is 33.0 Å². The topological polar surface area (TPSA) is 36.4 Å². The highest BCUT2D eigenvalue weighted by atomic mass is 16.3. The quantitative estimate of drug-likeness (QED) is 0.762. The maximum Gasteiger partial charge on any atom is 0.0589 e. The van der Waals surface area contributed by atoms with E-state index >= 15 is 0 Å². The van der Waals surface area contributed by atoms with Gasteiger partial charge < -0.3 is 5.11 Å². The Morgan fingerprint density at radius 1 is 1.57 bits per heavy atom. The third kappa shape index (κ3) is 1.65. The molecule has 1 unspecified atom stereocenters. The minimum Gasteiger partial charge on any atom is -0.395 e. The summed E-state index contributed by atoms with van der Waals surface area (Å²) < 4.78 is 0. The predicted molar refractivity (Wildman–Crippen MR) is 54.8 cm³/mol. The Morgan fingerprint density at radius 3 is 3.07 bits per heavy atom. The van der Waals surface area contributed by atoms with E-state index in [1.54, 1.807) is 0 Å². The van der Waals surface area contributed by atoms with Gasteiger partial charge in [-0.3, -0.25) is 9.88 Å². The molecular formula is C11H16N2O. The van der Waals surface area contributed by atoms with Crippen LogP contribution in [0.5, 0.6) is 0 Å². The molecule has 0 saturated heterocycles. The van der Waals surface area contributed by atoms with Gasteiger partial charge in [0.15, 0.2) is 0 Å². The summed E-state index contributed by atoms with van der Waals surface area (Å²) in [5.41, 5.74) is 3.68. The van der Waals surface area contributed by atoms with Crippen molar-refractivity contribution < 1.29 is 5.11 Å². The van der Waals surface area contributed by atoms with E-state index < -0.39 is 0 Å². The number of pyridine rings is 1. The molecule has 0 bridgehead atoms. The zero-order valence-electron chi connectivity index (χ0n) is 8.70. The molecule has 1 atom stereocenters. The molecule has 2 heterocycles. The van der Waals surface area contributed by atoms with Crippen molar-refractivity contribution in [3.8, 4) is 0 Å². The van der Waals surface area contributed by atoms with Crippen LogP contribution in [0.3, 0.4) is 0 Å². The van der Waals surface area contributed by atoms with Gasteiger partial charge in [0.2, 0.25) is 0 Å². The van der Waals surface area contributed by atoms with E-state index in [4.69, 9.17) is 5.11 Å². The first-order valence-corrected chi connectivity index (χ1v) is 5.00. The fraction of sp³-hybridized carbons (Fsp3) is 0.545. The van der Waals surface area contributed by atoms with Gasteiger partial charge in [-0.1, -0.05) is 6.07 Å². The number of hydrogen-bond acceptors (Lipinski definition) is 3. The summed E-state index contributed by atoms with van der Waals surface area (Å²) in [7, 11) is 0. The SMILES string of the molecule is Cc1cnc2c(c1)CN(C(C)CO)C2. The Morgan fingerprint density at radius 2 is 2.36 bits per heavy atom. The first-order valence-electron chi connectivity index (χ1n) is 5.00. The Balaban J connectivity index is 2.17. The van der Waals surface area contributed by atoms with Gasteiger partial charge in [0.05, 0.1) is 12.3 Å². The van der Waals surface area contributed by atoms with E-state index in [9.17, 15) is 0 Å². The van der Waals surface area contributed by atoms with E-state index in [1.807, 2.05) is 13.1 Å². The third-order valence-corrected chi connectivity index (χ3v) is 2.81. The second-order valence-electron chi connectivity index (χ2n) is 4.06. The van der Waals surface area contributed by atoms with Gasteiger partial charge in [-0.05, 0) is 25.0 Å². The molecule has 2 rings (SSSR count). The molecule has 1 aliphatic rings. The fourth-order valence-corrected chi connectivity index (χ4v) is 1.83. The van der Waals surface area contributed by atoms with Gasteiger partial charge >= 0.3 is 0 Å². The van der Waals surface area contributed by atoms with E-state index in [-0.39, 0.29) is 12.6 Å². The highest BCUT2D eigenvalue weighted by Gasteiger charge is 2.23. The summed E-state index contributed by atoms with van der Waals surface area (Å²) in [5, 5.41) is 9.07. The zero-order valence-corrected chi connectivity index (χ0v) is 8.70. The van der Waals surface area contributed by atoms with E-state index in [0.717, 1.165) is 18.8 Å². The van der Waals surface area contributed by atoms with Crippen molar-refractivity contribution in [1.29, 1.82) is 0 Å². The molecular weight excluding hydrogens is 176 g/mol. The van der Waals surface area contributed by atoms with Crippen LogP contribution in [0, 0.1) is 6.92 Å². The number of fused-ring (bicyclic) bond motifs is 1. The van der Waals surface area contributed by atoms with Crippen LogP contribution < -0.4 is 0 Å². The zero-order chi connectivity index (χ0) is 10.1. The molecule has 0 fully saturated rings. The first-order chi connectivity index (χ1) is 6.70. The standard InChI is InChI=1S/C11H16N2O/c1-8-3-10-5-13(9(2)7-14)6-11(10)12-4-8/h3-4,9,14H,5-7H2,1-2H3. The van der Waals surface area contributed by atoms with Gasteiger partial charge in [-0.15, -0.1) is 0 Å². The monoisotopic (exact) mass is 192 g/mol. The molecule has 3 nitrogen and oxygen atoms in total. The molecule has 14 heavy (non-hydrogen) atoms. The van der Waals surface area contributed by atoms with Gasteiger partial charge in [-0.25, -0.2) is 0 Å².